The number of piperazine rings is 1. The zero-order chi connectivity index (χ0) is 18.5. The maximum atomic E-state index is 12.4. The van der Waals surface area contributed by atoms with Crippen LogP contribution in [0.4, 0.5) is 5.13 Å². The van der Waals surface area contributed by atoms with Crippen LogP contribution in [0.1, 0.15) is 37.8 Å². The first-order valence-corrected chi connectivity index (χ1v) is 11.5. The zero-order valence-electron chi connectivity index (χ0n) is 15.8. The van der Waals surface area contributed by atoms with Gasteiger partial charge in [0, 0.05) is 33.1 Å². The lowest BCUT2D eigenvalue weighted by molar-refractivity contribution is -0.0792. The SMILES string of the molecule is CC1CC(NC(=O)c2cc3sc(N4CCN(C5COC5)[C@H](C)C4)nc3s2)C1.[HH]. The van der Waals surface area contributed by atoms with Gasteiger partial charge < -0.3 is 15.0 Å². The van der Waals surface area contributed by atoms with Crippen LogP contribution < -0.4 is 10.2 Å². The second-order valence-electron chi connectivity index (χ2n) is 8.25. The number of anilines is 1. The molecule has 6 nitrogen and oxygen atoms in total. The van der Waals surface area contributed by atoms with E-state index in [9.17, 15) is 4.79 Å². The molecule has 2 aromatic heterocycles. The summed E-state index contributed by atoms with van der Waals surface area (Å²) in [5, 5.41) is 4.24. The Labute approximate surface area is 169 Å². The third-order valence-electron chi connectivity index (χ3n) is 6.05. The van der Waals surface area contributed by atoms with E-state index in [4.69, 9.17) is 9.72 Å². The van der Waals surface area contributed by atoms with Crippen molar-refractivity contribution in [3.05, 3.63) is 10.9 Å². The molecule has 8 heteroatoms. The molecule has 5 rings (SSSR count). The number of thiazole rings is 1. The predicted octanol–water partition coefficient (Wildman–Crippen LogP) is 3.04. The molecule has 148 valence electrons. The van der Waals surface area contributed by atoms with Crippen LogP contribution in [0.2, 0.25) is 0 Å². The average Bonchev–Trinajstić information content (AvgIpc) is 3.12. The van der Waals surface area contributed by atoms with Gasteiger partial charge in [-0.1, -0.05) is 18.3 Å². The number of nitrogens with zero attached hydrogens (tertiary/aromatic N) is 3. The minimum atomic E-state index is 0. The topological polar surface area (TPSA) is 57.7 Å². The van der Waals surface area contributed by atoms with Crippen molar-refractivity contribution in [3.8, 4) is 0 Å². The van der Waals surface area contributed by atoms with Crippen LogP contribution in [0.15, 0.2) is 6.07 Å². The van der Waals surface area contributed by atoms with Crippen molar-refractivity contribution in [1.82, 2.24) is 15.2 Å². The number of rotatable bonds is 4. The van der Waals surface area contributed by atoms with Crippen LogP contribution in [-0.4, -0.2) is 66.8 Å². The number of hydrogen-bond acceptors (Lipinski definition) is 7. The normalized spacial score (nSPS) is 29.6. The highest BCUT2D eigenvalue weighted by molar-refractivity contribution is 7.29. The highest BCUT2D eigenvalue weighted by Gasteiger charge is 2.34. The minimum Gasteiger partial charge on any atom is -0.378 e. The Kier molecular flexibility index (Phi) is 4.62. The third-order valence-corrected chi connectivity index (χ3v) is 8.27. The Morgan fingerprint density at radius 2 is 2.11 bits per heavy atom. The molecular formula is C19H28N4O2S2. The fraction of sp³-hybridized carbons (Fsp3) is 0.684. The van der Waals surface area contributed by atoms with Gasteiger partial charge in [-0.25, -0.2) is 4.98 Å². The van der Waals surface area contributed by atoms with Crippen molar-refractivity contribution >= 4 is 43.2 Å². The molecule has 2 aliphatic heterocycles. The summed E-state index contributed by atoms with van der Waals surface area (Å²) in [6.45, 7) is 9.36. The fourth-order valence-corrected chi connectivity index (χ4v) is 6.50. The van der Waals surface area contributed by atoms with Crippen LogP contribution >= 0.6 is 22.7 Å². The van der Waals surface area contributed by atoms with Gasteiger partial charge in [-0.05, 0) is 31.7 Å². The molecule has 1 atom stereocenters. The van der Waals surface area contributed by atoms with Gasteiger partial charge in [-0.15, -0.1) is 11.3 Å². The lowest BCUT2D eigenvalue weighted by Gasteiger charge is -2.46. The Bertz CT molecular complexity index is 815. The van der Waals surface area contributed by atoms with Crippen molar-refractivity contribution in [3.63, 3.8) is 0 Å². The van der Waals surface area contributed by atoms with Crippen LogP contribution in [0, 0.1) is 5.92 Å². The summed E-state index contributed by atoms with van der Waals surface area (Å²) in [5.41, 5.74) is 0. The monoisotopic (exact) mass is 408 g/mol. The number of ether oxygens (including phenoxy) is 1. The first-order chi connectivity index (χ1) is 13.1. The van der Waals surface area contributed by atoms with E-state index >= 15 is 0 Å². The first kappa shape index (κ1) is 17.8. The van der Waals surface area contributed by atoms with E-state index in [0.717, 1.165) is 71.1 Å². The van der Waals surface area contributed by atoms with Gasteiger partial charge in [0.05, 0.1) is 28.8 Å². The number of amides is 1. The third kappa shape index (κ3) is 3.37. The lowest BCUT2D eigenvalue weighted by atomic mass is 9.82. The molecule has 2 aromatic rings. The highest BCUT2D eigenvalue weighted by Crippen LogP contribution is 2.36. The van der Waals surface area contributed by atoms with Gasteiger partial charge in [0.2, 0.25) is 0 Å². The van der Waals surface area contributed by atoms with E-state index in [1.807, 2.05) is 6.07 Å². The number of carbonyl (C=O) groups is 1. The first-order valence-electron chi connectivity index (χ1n) is 9.86. The fourth-order valence-electron chi connectivity index (χ4n) is 4.35. The molecule has 0 unspecified atom stereocenters. The molecule has 3 aliphatic rings. The Morgan fingerprint density at radius 1 is 1.30 bits per heavy atom. The summed E-state index contributed by atoms with van der Waals surface area (Å²) < 4.78 is 6.48. The van der Waals surface area contributed by atoms with Crippen molar-refractivity contribution in [2.75, 3.05) is 37.7 Å². The van der Waals surface area contributed by atoms with Crippen LogP contribution in [-0.2, 0) is 4.74 Å². The molecule has 2 saturated heterocycles. The van der Waals surface area contributed by atoms with Gasteiger partial charge in [-0.3, -0.25) is 9.69 Å². The Morgan fingerprint density at radius 3 is 2.74 bits per heavy atom. The van der Waals surface area contributed by atoms with E-state index in [1.54, 1.807) is 11.3 Å². The molecule has 0 radical (unpaired) electrons. The molecule has 0 aromatic carbocycles. The number of thiophene rings is 1. The van der Waals surface area contributed by atoms with Gasteiger partial charge in [0.25, 0.3) is 5.91 Å². The second kappa shape index (κ2) is 6.99. The molecule has 1 saturated carbocycles. The molecule has 4 heterocycles. The molecule has 1 N–H and O–H groups in total. The average molecular weight is 409 g/mol. The van der Waals surface area contributed by atoms with Crippen LogP contribution in [0.25, 0.3) is 9.53 Å². The van der Waals surface area contributed by atoms with Crippen molar-refractivity contribution < 1.29 is 11.0 Å². The number of nitrogens with one attached hydrogen (secondary N) is 1. The largest absolute Gasteiger partial charge is 0.378 e. The van der Waals surface area contributed by atoms with E-state index in [0.29, 0.717) is 18.1 Å². The summed E-state index contributed by atoms with van der Waals surface area (Å²) >= 11 is 3.23. The maximum Gasteiger partial charge on any atom is 0.261 e. The van der Waals surface area contributed by atoms with Crippen molar-refractivity contribution in [1.29, 1.82) is 0 Å². The van der Waals surface area contributed by atoms with Gasteiger partial charge >= 0.3 is 0 Å². The van der Waals surface area contributed by atoms with Crippen LogP contribution in [0.3, 0.4) is 0 Å². The van der Waals surface area contributed by atoms with E-state index < -0.39 is 0 Å². The van der Waals surface area contributed by atoms with Crippen LogP contribution in [0.5, 0.6) is 0 Å². The van der Waals surface area contributed by atoms with E-state index in [1.165, 1.54) is 11.3 Å². The molecular weight excluding hydrogens is 380 g/mol. The summed E-state index contributed by atoms with van der Waals surface area (Å²) in [6.07, 6.45) is 2.20. The quantitative estimate of drug-likeness (QED) is 0.843. The number of fused-ring (bicyclic) bond motifs is 1. The smallest absolute Gasteiger partial charge is 0.261 e. The van der Waals surface area contributed by atoms with Gasteiger partial charge in [-0.2, -0.15) is 0 Å². The van der Waals surface area contributed by atoms with E-state index in [-0.39, 0.29) is 7.33 Å². The molecule has 27 heavy (non-hydrogen) atoms. The van der Waals surface area contributed by atoms with E-state index in [2.05, 4.69) is 29.0 Å². The van der Waals surface area contributed by atoms with Crippen molar-refractivity contribution in [2.45, 2.75) is 44.8 Å². The Hall–Kier alpha value is -1.22. The second-order valence-corrected chi connectivity index (χ2v) is 10.3. The summed E-state index contributed by atoms with van der Waals surface area (Å²) in [4.78, 5) is 24.0. The molecule has 1 aliphatic carbocycles. The number of aromatic nitrogens is 1. The molecule has 0 spiro atoms. The summed E-state index contributed by atoms with van der Waals surface area (Å²) in [5.74, 6) is 0.805. The maximum absolute atomic E-state index is 12.4. The van der Waals surface area contributed by atoms with Gasteiger partial charge in [0.1, 0.15) is 4.83 Å². The number of hydrogen-bond donors (Lipinski definition) is 1. The zero-order valence-corrected chi connectivity index (χ0v) is 17.4. The lowest BCUT2D eigenvalue weighted by Crippen LogP contribution is -2.60. The van der Waals surface area contributed by atoms with Gasteiger partial charge in [0.15, 0.2) is 5.13 Å². The Balaban J connectivity index is 0.00000192. The number of carbonyl (C=O) groups excluding carboxylic acids is 1. The summed E-state index contributed by atoms with van der Waals surface area (Å²) in [7, 11) is 0. The van der Waals surface area contributed by atoms with Crippen molar-refractivity contribution in [2.24, 2.45) is 5.92 Å². The minimum absolute atomic E-state index is 0. The standard InChI is InChI=1S/C19H26N4O2S2.H2/c1-11-5-13(6-11)20-17(24)15-7-16-18(26-15)21-19(27-16)22-3-4-23(12(2)8-22)14-9-25-10-14;/h7,11-14H,3-6,8-10H2,1-2H3,(H,20,24);1H/t11?,12-,13?;/m1./s1. The molecule has 3 fully saturated rings. The summed E-state index contributed by atoms with van der Waals surface area (Å²) in [6, 6.07) is 3.49. The highest BCUT2D eigenvalue weighted by atomic mass is 32.1. The molecule has 1 amide bonds. The molecule has 0 bridgehead atoms. The predicted molar refractivity (Wildman–Crippen MR) is 112 cm³/mol.